The molecule has 0 aliphatic rings. The van der Waals surface area contributed by atoms with Gasteiger partial charge in [-0.1, -0.05) is 18.2 Å². The number of fused-ring (bicyclic) bond motifs is 1. The van der Waals surface area contributed by atoms with Gasteiger partial charge in [0, 0.05) is 12.7 Å². The van der Waals surface area contributed by atoms with Gasteiger partial charge >= 0.3 is 11.7 Å². The van der Waals surface area contributed by atoms with Gasteiger partial charge in [-0.3, -0.25) is 9.36 Å². The van der Waals surface area contributed by atoms with E-state index in [-0.39, 0.29) is 28.2 Å². The smallest absolute Gasteiger partial charge is 0.333 e. The number of carboxylic acid groups (broad SMARTS) is 1. The summed E-state index contributed by atoms with van der Waals surface area (Å²) >= 11 is 1.11. The fourth-order valence-electron chi connectivity index (χ4n) is 3.84. The number of carbonyl (C=O) groups is 1. The standard InChI is InChI=1S/C23H22FN3O6S/c1-12-16-19(28)27(23(2,3)21(29)30)22(31)26(20(16)34-17(12)18-25-9-10-33-18)11-15(32-4)13-7-5-6-8-14(13)24/h5-10,15H,11H2,1-4H3,(H,29,30). The summed E-state index contributed by atoms with van der Waals surface area (Å²) in [7, 11) is 1.38. The fourth-order valence-corrected chi connectivity index (χ4v) is 5.08. The minimum absolute atomic E-state index is 0.159. The number of rotatable bonds is 7. The van der Waals surface area contributed by atoms with Crippen LogP contribution >= 0.6 is 11.3 Å². The largest absolute Gasteiger partial charge is 0.480 e. The zero-order valence-corrected chi connectivity index (χ0v) is 19.7. The minimum atomic E-state index is -1.85. The first kappa shape index (κ1) is 23.6. The van der Waals surface area contributed by atoms with Crippen molar-refractivity contribution in [3.63, 3.8) is 0 Å². The van der Waals surface area contributed by atoms with E-state index in [4.69, 9.17) is 9.15 Å². The lowest BCUT2D eigenvalue weighted by molar-refractivity contribution is -0.146. The predicted molar refractivity (Wildman–Crippen MR) is 124 cm³/mol. The molecule has 0 amide bonds. The zero-order chi connectivity index (χ0) is 24.8. The highest BCUT2D eigenvalue weighted by Crippen LogP contribution is 2.36. The predicted octanol–water partition coefficient (Wildman–Crippen LogP) is 3.53. The summed E-state index contributed by atoms with van der Waals surface area (Å²) in [5.74, 6) is -1.60. The minimum Gasteiger partial charge on any atom is -0.480 e. The molecule has 34 heavy (non-hydrogen) atoms. The Morgan fingerprint density at radius 2 is 2.03 bits per heavy atom. The van der Waals surface area contributed by atoms with Crippen LogP contribution in [0.5, 0.6) is 0 Å². The molecule has 1 N–H and O–H groups in total. The first-order chi connectivity index (χ1) is 16.1. The first-order valence-electron chi connectivity index (χ1n) is 10.3. The fraction of sp³-hybridized carbons (Fsp3) is 0.304. The number of aromatic nitrogens is 3. The summed E-state index contributed by atoms with van der Waals surface area (Å²) in [6, 6.07) is 6.01. The number of aliphatic carboxylic acids is 1. The van der Waals surface area contributed by atoms with Gasteiger partial charge in [-0.2, -0.15) is 0 Å². The highest BCUT2D eigenvalue weighted by atomic mass is 32.1. The van der Waals surface area contributed by atoms with Crippen molar-refractivity contribution in [3.8, 4) is 10.8 Å². The average molecular weight is 488 g/mol. The monoisotopic (exact) mass is 487 g/mol. The van der Waals surface area contributed by atoms with Crippen molar-refractivity contribution in [2.75, 3.05) is 7.11 Å². The van der Waals surface area contributed by atoms with Gasteiger partial charge in [-0.25, -0.2) is 23.5 Å². The van der Waals surface area contributed by atoms with E-state index in [1.807, 2.05) is 0 Å². The maximum absolute atomic E-state index is 14.5. The molecule has 0 saturated heterocycles. The summed E-state index contributed by atoms with van der Waals surface area (Å²) in [5, 5.41) is 9.93. The molecule has 0 spiro atoms. The highest BCUT2D eigenvalue weighted by Gasteiger charge is 2.36. The van der Waals surface area contributed by atoms with E-state index >= 15 is 0 Å². The van der Waals surface area contributed by atoms with E-state index < -0.39 is 34.7 Å². The van der Waals surface area contributed by atoms with Crippen LogP contribution in [0.15, 0.2) is 50.7 Å². The summed E-state index contributed by atoms with van der Waals surface area (Å²) < 4.78 is 27.4. The van der Waals surface area contributed by atoms with Crippen LogP contribution in [0.3, 0.4) is 0 Å². The number of methoxy groups -OCH3 is 1. The van der Waals surface area contributed by atoms with Crippen LogP contribution < -0.4 is 11.2 Å². The van der Waals surface area contributed by atoms with Crippen LogP contribution in [0.2, 0.25) is 0 Å². The molecule has 3 aromatic heterocycles. The quantitative estimate of drug-likeness (QED) is 0.424. The second kappa shape index (κ2) is 8.65. The molecule has 0 aliphatic carbocycles. The van der Waals surface area contributed by atoms with Crippen LogP contribution in [-0.2, 0) is 21.6 Å². The number of carboxylic acids is 1. The van der Waals surface area contributed by atoms with Gasteiger partial charge in [0.1, 0.15) is 28.6 Å². The number of oxazole rings is 1. The number of benzene rings is 1. The second-order valence-electron chi connectivity index (χ2n) is 8.22. The Labute approximate surface area is 196 Å². The molecule has 0 radical (unpaired) electrons. The molecule has 1 atom stereocenters. The molecular weight excluding hydrogens is 465 g/mol. The van der Waals surface area contributed by atoms with Crippen molar-refractivity contribution in [3.05, 3.63) is 74.5 Å². The van der Waals surface area contributed by atoms with E-state index in [9.17, 15) is 23.9 Å². The van der Waals surface area contributed by atoms with Gasteiger partial charge < -0.3 is 14.3 Å². The highest BCUT2D eigenvalue weighted by molar-refractivity contribution is 7.22. The molecule has 0 fully saturated rings. The molecule has 4 aromatic rings. The Morgan fingerprint density at radius 1 is 1.32 bits per heavy atom. The van der Waals surface area contributed by atoms with Gasteiger partial charge in [0.25, 0.3) is 5.56 Å². The number of hydrogen-bond donors (Lipinski definition) is 1. The normalized spacial score (nSPS) is 12.9. The number of thiophene rings is 1. The lowest BCUT2D eigenvalue weighted by Crippen LogP contribution is -2.52. The maximum Gasteiger partial charge on any atom is 0.333 e. The van der Waals surface area contributed by atoms with E-state index in [0.717, 1.165) is 11.3 Å². The molecule has 0 aliphatic heterocycles. The third kappa shape index (κ3) is 3.66. The van der Waals surface area contributed by atoms with Crippen molar-refractivity contribution < 1.29 is 23.4 Å². The molecule has 11 heteroatoms. The number of aryl methyl sites for hydroxylation is 1. The van der Waals surface area contributed by atoms with E-state index in [2.05, 4.69) is 4.98 Å². The SMILES string of the molecule is COC(Cn1c(=O)n(C(C)(C)C(=O)O)c(=O)c2c(C)c(-c3ncco3)sc21)c1ccccc1F. The molecule has 4 rings (SSSR count). The average Bonchev–Trinajstić information content (AvgIpc) is 3.42. The van der Waals surface area contributed by atoms with E-state index in [0.29, 0.717) is 15.0 Å². The van der Waals surface area contributed by atoms with Crippen molar-refractivity contribution in [2.24, 2.45) is 0 Å². The summed E-state index contributed by atoms with van der Waals surface area (Å²) in [4.78, 5) is 44.0. The number of halogens is 1. The van der Waals surface area contributed by atoms with Gasteiger partial charge in [0.2, 0.25) is 5.89 Å². The Morgan fingerprint density at radius 3 is 2.62 bits per heavy atom. The third-order valence-electron chi connectivity index (χ3n) is 5.81. The lowest BCUT2D eigenvalue weighted by atomic mass is 10.1. The number of nitrogens with zero attached hydrogens (tertiary/aromatic N) is 3. The summed E-state index contributed by atoms with van der Waals surface area (Å²) in [6.07, 6.45) is 1.96. The van der Waals surface area contributed by atoms with Crippen LogP contribution in [0, 0.1) is 12.7 Å². The third-order valence-corrected chi connectivity index (χ3v) is 7.11. The van der Waals surface area contributed by atoms with Gasteiger partial charge in [0.15, 0.2) is 0 Å². The molecule has 0 saturated carbocycles. The van der Waals surface area contributed by atoms with E-state index in [1.54, 1.807) is 19.1 Å². The summed E-state index contributed by atoms with van der Waals surface area (Å²) in [6.45, 7) is 4.07. The number of hydrogen-bond acceptors (Lipinski definition) is 7. The van der Waals surface area contributed by atoms with Gasteiger partial charge in [-0.05, 0) is 32.4 Å². The first-order valence-corrected chi connectivity index (χ1v) is 11.1. The molecule has 178 valence electrons. The van der Waals surface area contributed by atoms with Crippen LogP contribution in [-0.4, -0.2) is 32.3 Å². The van der Waals surface area contributed by atoms with Crippen molar-refractivity contribution in [1.29, 1.82) is 0 Å². The zero-order valence-electron chi connectivity index (χ0n) is 18.9. The van der Waals surface area contributed by atoms with Crippen LogP contribution in [0.1, 0.15) is 31.1 Å². The number of ether oxygens (including phenoxy) is 1. The van der Waals surface area contributed by atoms with Gasteiger partial charge in [-0.15, -0.1) is 11.3 Å². The molecule has 9 nitrogen and oxygen atoms in total. The Hall–Kier alpha value is -3.57. The van der Waals surface area contributed by atoms with Crippen molar-refractivity contribution >= 4 is 27.5 Å². The van der Waals surface area contributed by atoms with Crippen LogP contribution in [0.25, 0.3) is 21.0 Å². The molecular formula is C23H22FN3O6S. The molecule has 1 aromatic carbocycles. The van der Waals surface area contributed by atoms with Crippen LogP contribution in [0.4, 0.5) is 4.39 Å². The lowest BCUT2D eigenvalue weighted by Gasteiger charge is -2.24. The Bertz CT molecular complexity index is 1500. The molecule has 3 heterocycles. The Kier molecular flexibility index (Phi) is 6.00. The van der Waals surface area contributed by atoms with E-state index in [1.165, 1.54) is 50.1 Å². The maximum atomic E-state index is 14.5. The van der Waals surface area contributed by atoms with Crippen molar-refractivity contribution in [2.45, 2.75) is 39.0 Å². The Balaban J connectivity index is 2.06. The molecule has 0 bridgehead atoms. The summed E-state index contributed by atoms with van der Waals surface area (Å²) in [5.41, 5.74) is -2.71. The second-order valence-corrected chi connectivity index (χ2v) is 9.22. The van der Waals surface area contributed by atoms with Gasteiger partial charge in [0.05, 0.1) is 23.0 Å². The topological polar surface area (TPSA) is 117 Å². The van der Waals surface area contributed by atoms with Crippen molar-refractivity contribution in [1.82, 2.24) is 14.1 Å². The molecule has 1 unspecified atom stereocenters.